The number of carbonyl (C=O) groups is 1. The summed E-state index contributed by atoms with van der Waals surface area (Å²) in [5.74, 6) is -0.802. The highest BCUT2D eigenvalue weighted by molar-refractivity contribution is 7.90. The molecule has 1 aromatic carbocycles. The van der Waals surface area contributed by atoms with Crippen LogP contribution in [0.5, 0.6) is 0 Å². The van der Waals surface area contributed by atoms with Crippen LogP contribution in [0.15, 0.2) is 12.1 Å². The summed E-state index contributed by atoms with van der Waals surface area (Å²) >= 11 is 0. The second kappa shape index (κ2) is 7.00. The predicted molar refractivity (Wildman–Crippen MR) is 80.0 cm³/mol. The number of hydrogen-bond donors (Lipinski definition) is 2. The number of hydrogen-bond acceptors (Lipinski definition) is 4. The highest BCUT2D eigenvalue weighted by Crippen LogP contribution is 2.14. The van der Waals surface area contributed by atoms with Gasteiger partial charge in [0.25, 0.3) is 0 Å². The highest BCUT2D eigenvalue weighted by atomic mass is 32.2. The fraction of sp³-hybridized carbons (Fsp3) is 0.500. The highest BCUT2D eigenvalue weighted by Gasteiger charge is 2.16. The molecule has 21 heavy (non-hydrogen) atoms. The van der Waals surface area contributed by atoms with Gasteiger partial charge in [-0.15, -0.1) is 0 Å². The number of nitrogens with two attached hydrogens (primary N) is 1. The molecule has 0 heterocycles. The van der Waals surface area contributed by atoms with Gasteiger partial charge in [0, 0.05) is 12.8 Å². The van der Waals surface area contributed by atoms with Gasteiger partial charge < -0.3 is 11.1 Å². The molecule has 5 nitrogen and oxygen atoms in total. The molecular weight excluding hydrogens is 295 g/mol. The summed E-state index contributed by atoms with van der Waals surface area (Å²) in [6, 6.07) is 2.44. The Morgan fingerprint density at radius 2 is 1.86 bits per heavy atom. The molecule has 0 bridgehead atoms. The van der Waals surface area contributed by atoms with Gasteiger partial charge >= 0.3 is 0 Å². The zero-order chi connectivity index (χ0) is 16.2. The Hall–Kier alpha value is -1.47. The van der Waals surface area contributed by atoms with Crippen LogP contribution in [0.25, 0.3) is 0 Å². The third-order valence-electron chi connectivity index (χ3n) is 3.10. The number of aryl methyl sites for hydroxylation is 2. The van der Waals surface area contributed by atoms with E-state index in [1.54, 1.807) is 26.0 Å². The van der Waals surface area contributed by atoms with E-state index in [4.69, 9.17) is 5.73 Å². The fourth-order valence-electron chi connectivity index (χ4n) is 1.93. The van der Waals surface area contributed by atoms with Crippen LogP contribution in [0.1, 0.15) is 23.1 Å². The molecule has 0 fully saturated rings. The lowest BCUT2D eigenvalue weighted by Gasteiger charge is -2.13. The third-order valence-corrected chi connectivity index (χ3v) is 4.08. The maximum Gasteiger partial charge on any atom is 0.237 e. The molecule has 0 aliphatic rings. The van der Waals surface area contributed by atoms with Crippen LogP contribution in [0.3, 0.4) is 0 Å². The molecule has 0 aromatic heterocycles. The Bertz CT molecular complexity index is 606. The van der Waals surface area contributed by atoms with E-state index in [0.717, 1.165) is 11.8 Å². The van der Waals surface area contributed by atoms with E-state index in [1.165, 1.54) is 0 Å². The van der Waals surface area contributed by atoms with Crippen molar-refractivity contribution in [3.05, 3.63) is 34.6 Å². The molecule has 1 amide bonds. The van der Waals surface area contributed by atoms with Gasteiger partial charge in [-0.3, -0.25) is 4.79 Å². The average molecular weight is 316 g/mol. The maximum atomic E-state index is 13.5. The van der Waals surface area contributed by atoms with E-state index in [2.05, 4.69) is 5.32 Å². The molecule has 0 aliphatic heterocycles. The predicted octanol–water partition coefficient (Wildman–Crippen LogP) is 0.821. The first-order valence-electron chi connectivity index (χ1n) is 6.57. The van der Waals surface area contributed by atoms with Crippen LogP contribution in [0.4, 0.5) is 4.39 Å². The molecule has 1 aromatic rings. The van der Waals surface area contributed by atoms with Crippen molar-refractivity contribution in [1.29, 1.82) is 0 Å². The van der Waals surface area contributed by atoms with Gasteiger partial charge in [-0.25, -0.2) is 12.8 Å². The number of sulfone groups is 1. The minimum Gasteiger partial charge on any atom is -0.351 e. The Balaban J connectivity index is 2.57. The van der Waals surface area contributed by atoms with E-state index in [-0.39, 0.29) is 24.5 Å². The summed E-state index contributed by atoms with van der Waals surface area (Å²) in [7, 11) is -3.14. The molecule has 118 valence electrons. The number of carbonyl (C=O) groups excluding carboxylic acids is 1. The number of amides is 1. The van der Waals surface area contributed by atoms with Crippen LogP contribution in [0, 0.1) is 19.7 Å². The SMILES string of the molecule is Cc1cc(CNC(=O)C(N)CCS(C)(=O)=O)cc(C)c1F. The van der Waals surface area contributed by atoms with Crippen molar-refractivity contribution in [2.45, 2.75) is 32.9 Å². The summed E-state index contributed by atoms with van der Waals surface area (Å²) in [5.41, 5.74) is 7.44. The van der Waals surface area contributed by atoms with Gasteiger partial charge in [0.1, 0.15) is 15.7 Å². The van der Waals surface area contributed by atoms with Crippen LogP contribution in [-0.4, -0.2) is 32.4 Å². The van der Waals surface area contributed by atoms with Crippen molar-refractivity contribution in [1.82, 2.24) is 5.32 Å². The lowest BCUT2D eigenvalue weighted by molar-refractivity contribution is -0.122. The van der Waals surface area contributed by atoms with E-state index in [0.29, 0.717) is 11.1 Å². The maximum absolute atomic E-state index is 13.5. The molecule has 1 atom stereocenters. The van der Waals surface area contributed by atoms with Crippen LogP contribution in [0.2, 0.25) is 0 Å². The summed E-state index contributed by atoms with van der Waals surface area (Å²) in [4.78, 5) is 11.8. The lowest BCUT2D eigenvalue weighted by atomic mass is 10.1. The number of nitrogens with one attached hydrogen (secondary N) is 1. The minimum absolute atomic E-state index is 0.0755. The molecule has 1 rings (SSSR count). The molecule has 0 spiro atoms. The smallest absolute Gasteiger partial charge is 0.237 e. The van der Waals surface area contributed by atoms with E-state index >= 15 is 0 Å². The summed E-state index contributed by atoms with van der Waals surface area (Å²) in [6.07, 6.45) is 1.17. The van der Waals surface area contributed by atoms with Gasteiger partial charge in [0.15, 0.2) is 0 Å². The van der Waals surface area contributed by atoms with Crippen LogP contribution >= 0.6 is 0 Å². The van der Waals surface area contributed by atoms with Crippen molar-refractivity contribution in [2.75, 3.05) is 12.0 Å². The first-order valence-corrected chi connectivity index (χ1v) is 8.63. The quantitative estimate of drug-likeness (QED) is 0.813. The second-order valence-corrected chi connectivity index (χ2v) is 7.55. The van der Waals surface area contributed by atoms with Crippen molar-refractivity contribution in [2.24, 2.45) is 5.73 Å². The molecule has 0 aliphatic carbocycles. The molecule has 3 N–H and O–H groups in total. The van der Waals surface area contributed by atoms with Gasteiger partial charge in [-0.1, -0.05) is 12.1 Å². The zero-order valence-electron chi connectivity index (χ0n) is 12.4. The van der Waals surface area contributed by atoms with Crippen LogP contribution in [-0.2, 0) is 21.2 Å². The van der Waals surface area contributed by atoms with Gasteiger partial charge in [0.05, 0.1) is 11.8 Å². The van der Waals surface area contributed by atoms with Crippen LogP contribution < -0.4 is 11.1 Å². The summed E-state index contributed by atoms with van der Waals surface area (Å²) in [5, 5.41) is 2.63. The zero-order valence-corrected chi connectivity index (χ0v) is 13.3. The lowest BCUT2D eigenvalue weighted by Crippen LogP contribution is -2.41. The van der Waals surface area contributed by atoms with Crippen molar-refractivity contribution in [3.8, 4) is 0 Å². The minimum atomic E-state index is -3.14. The summed E-state index contributed by atoms with van der Waals surface area (Å²) < 4.78 is 35.5. The molecule has 0 saturated heterocycles. The Labute approximate surface area is 124 Å². The molecule has 7 heteroatoms. The van der Waals surface area contributed by atoms with Crippen molar-refractivity contribution < 1.29 is 17.6 Å². The molecule has 0 saturated carbocycles. The number of rotatable bonds is 6. The average Bonchev–Trinajstić information content (AvgIpc) is 2.38. The van der Waals surface area contributed by atoms with Crippen molar-refractivity contribution >= 4 is 15.7 Å². The fourth-order valence-corrected chi connectivity index (χ4v) is 2.61. The number of benzene rings is 1. The van der Waals surface area contributed by atoms with Crippen molar-refractivity contribution in [3.63, 3.8) is 0 Å². The molecule has 0 radical (unpaired) electrons. The largest absolute Gasteiger partial charge is 0.351 e. The van der Waals surface area contributed by atoms with Gasteiger partial charge in [-0.2, -0.15) is 0 Å². The summed E-state index contributed by atoms with van der Waals surface area (Å²) in [6.45, 7) is 3.55. The monoisotopic (exact) mass is 316 g/mol. The van der Waals surface area contributed by atoms with E-state index in [1.807, 2.05) is 0 Å². The molecule has 1 unspecified atom stereocenters. The first kappa shape index (κ1) is 17.6. The van der Waals surface area contributed by atoms with E-state index in [9.17, 15) is 17.6 Å². The molecular formula is C14H21FN2O3S. The first-order chi connectivity index (χ1) is 9.60. The van der Waals surface area contributed by atoms with Gasteiger partial charge in [-0.05, 0) is 37.0 Å². The standard InChI is InChI=1S/C14H21FN2O3S/c1-9-6-11(7-10(2)13(9)15)8-17-14(18)12(16)4-5-21(3,19)20/h6-7,12H,4-5,8,16H2,1-3H3,(H,17,18). The Kier molecular flexibility index (Phi) is 5.86. The second-order valence-electron chi connectivity index (χ2n) is 5.29. The van der Waals surface area contributed by atoms with E-state index < -0.39 is 21.8 Å². The van der Waals surface area contributed by atoms with Gasteiger partial charge in [0.2, 0.25) is 5.91 Å². The topological polar surface area (TPSA) is 89.3 Å². The third kappa shape index (κ3) is 5.81. The Morgan fingerprint density at radius 3 is 2.33 bits per heavy atom. The normalized spacial score (nSPS) is 13.0. The number of halogens is 1. The Morgan fingerprint density at radius 1 is 1.33 bits per heavy atom.